The summed E-state index contributed by atoms with van der Waals surface area (Å²) in [6.07, 6.45) is -4.56. The molecule has 6 nitrogen and oxygen atoms in total. The molecule has 0 bridgehead atoms. The smallest absolute Gasteiger partial charge is 0.402 e. The number of halogens is 3. The predicted molar refractivity (Wildman–Crippen MR) is 67.5 cm³/mol. The van der Waals surface area contributed by atoms with Crippen LogP contribution in [0.2, 0.25) is 0 Å². The van der Waals surface area contributed by atoms with E-state index in [9.17, 15) is 18.0 Å². The number of hydrogen-bond donors (Lipinski definition) is 0. The van der Waals surface area contributed by atoms with Gasteiger partial charge in [-0.25, -0.2) is 9.48 Å². The molecule has 3 heterocycles. The summed E-state index contributed by atoms with van der Waals surface area (Å²) in [6.45, 7) is 3.34. The monoisotopic (exact) mass is 316 g/mol. The van der Waals surface area contributed by atoms with Gasteiger partial charge in [-0.15, -0.1) is 15.3 Å². The normalized spacial score (nSPS) is 12.2. The lowest BCUT2D eigenvalue weighted by Crippen LogP contribution is -2.03. The van der Waals surface area contributed by atoms with E-state index in [0.717, 1.165) is 0 Å². The van der Waals surface area contributed by atoms with Crippen LogP contribution in [0.25, 0.3) is 16.2 Å². The maximum Gasteiger partial charge on any atom is 0.445 e. The van der Waals surface area contributed by atoms with Gasteiger partial charge in [0.15, 0.2) is 0 Å². The van der Waals surface area contributed by atoms with Gasteiger partial charge in [0.25, 0.3) is 0 Å². The molecule has 0 aliphatic rings. The van der Waals surface area contributed by atoms with Crippen LogP contribution in [0.3, 0.4) is 0 Å². The fourth-order valence-corrected chi connectivity index (χ4v) is 2.69. The molecule has 0 amide bonds. The van der Waals surface area contributed by atoms with Gasteiger partial charge in [-0.3, -0.25) is 0 Å². The van der Waals surface area contributed by atoms with Crippen LogP contribution in [0.5, 0.6) is 0 Å². The van der Waals surface area contributed by atoms with Crippen molar-refractivity contribution in [2.24, 2.45) is 0 Å². The lowest BCUT2D eigenvalue weighted by molar-refractivity contribution is -0.138. The number of nitrogens with zero attached hydrogens (tertiary/aromatic N) is 4. The highest BCUT2D eigenvalue weighted by molar-refractivity contribution is 7.13. The third-order valence-electron chi connectivity index (χ3n) is 2.85. The molecule has 3 aromatic heterocycles. The average Bonchev–Trinajstić information content (AvgIpc) is 2.93. The number of aromatic nitrogens is 4. The molecule has 0 atom stereocenters. The van der Waals surface area contributed by atoms with Crippen molar-refractivity contribution >= 4 is 22.4 Å². The van der Waals surface area contributed by atoms with Crippen molar-refractivity contribution in [2.45, 2.75) is 20.0 Å². The van der Waals surface area contributed by atoms with Gasteiger partial charge in [-0.1, -0.05) is 11.3 Å². The third-order valence-corrected chi connectivity index (χ3v) is 3.79. The Morgan fingerprint density at radius 1 is 1.29 bits per heavy atom. The molecule has 0 radical (unpaired) electrons. The first-order chi connectivity index (χ1) is 9.77. The van der Waals surface area contributed by atoms with Gasteiger partial charge in [0, 0.05) is 6.07 Å². The Bertz CT molecular complexity index is 893. The molecule has 110 valence electrons. The molecule has 0 N–H and O–H groups in total. The van der Waals surface area contributed by atoms with Gasteiger partial charge in [-0.2, -0.15) is 13.2 Å². The minimum Gasteiger partial charge on any atom is -0.402 e. The largest absolute Gasteiger partial charge is 0.445 e. The minimum absolute atomic E-state index is 0.0435. The standard InChI is InChI=1S/C11H7F3N4O2S/c1-4-3-6(19)20-8-7(4)5(2)18(17-8)10-16-15-9(21-10)11(12,13)14/h3H,1-2H3. The third kappa shape index (κ3) is 2.20. The zero-order chi connectivity index (χ0) is 15.4. The highest BCUT2D eigenvalue weighted by Gasteiger charge is 2.36. The van der Waals surface area contributed by atoms with Crippen LogP contribution in [0.1, 0.15) is 16.3 Å². The second-order valence-corrected chi connectivity index (χ2v) is 5.27. The fourth-order valence-electron chi connectivity index (χ4n) is 1.98. The minimum atomic E-state index is -4.56. The zero-order valence-corrected chi connectivity index (χ0v) is 11.5. The molecule has 0 aliphatic carbocycles. The van der Waals surface area contributed by atoms with Crippen molar-refractivity contribution in [3.8, 4) is 5.13 Å². The Morgan fingerprint density at radius 3 is 2.62 bits per heavy atom. The highest BCUT2D eigenvalue weighted by atomic mass is 32.1. The van der Waals surface area contributed by atoms with E-state index >= 15 is 0 Å². The van der Waals surface area contributed by atoms with Gasteiger partial charge in [0.2, 0.25) is 15.9 Å². The van der Waals surface area contributed by atoms with Crippen molar-refractivity contribution < 1.29 is 17.6 Å². The fraction of sp³-hybridized carbons (Fsp3) is 0.273. The molecule has 3 aromatic rings. The van der Waals surface area contributed by atoms with Crippen LogP contribution in [0.15, 0.2) is 15.3 Å². The molecular formula is C11H7F3N4O2S. The van der Waals surface area contributed by atoms with E-state index in [1.54, 1.807) is 13.8 Å². The second-order valence-electron chi connectivity index (χ2n) is 4.31. The molecule has 0 spiro atoms. The summed E-state index contributed by atoms with van der Waals surface area (Å²) in [5.74, 6) is 0. The Kier molecular flexibility index (Phi) is 2.87. The topological polar surface area (TPSA) is 73.8 Å². The van der Waals surface area contributed by atoms with Crippen LogP contribution in [-0.2, 0) is 6.18 Å². The lowest BCUT2D eigenvalue weighted by atomic mass is 10.2. The number of fused-ring (bicyclic) bond motifs is 1. The molecule has 0 aromatic carbocycles. The Hall–Kier alpha value is -2.23. The van der Waals surface area contributed by atoms with Gasteiger partial charge in [0.05, 0.1) is 11.1 Å². The Balaban J connectivity index is 2.22. The molecule has 0 unspecified atom stereocenters. The van der Waals surface area contributed by atoms with Gasteiger partial charge in [-0.05, 0) is 19.4 Å². The molecule has 0 aliphatic heterocycles. The highest BCUT2D eigenvalue weighted by Crippen LogP contribution is 2.33. The zero-order valence-electron chi connectivity index (χ0n) is 10.7. The number of hydrogen-bond acceptors (Lipinski definition) is 6. The lowest BCUT2D eigenvalue weighted by Gasteiger charge is -1.99. The summed E-state index contributed by atoms with van der Waals surface area (Å²) < 4.78 is 43.8. The van der Waals surface area contributed by atoms with Crippen LogP contribution in [0.4, 0.5) is 13.2 Å². The van der Waals surface area contributed by atoms with E-state index in [1.165, 1.54) is 10.7 Å². The quantitative estimate of drug-likeness (QED) is 0.689. The first kappa shape index (κ1) is 13.7. The van der Waals surface area contributed by atoms with Crippen molar-refractivity contribution in [3.05, 3.63) is 32.8 Å². The summed E-state index contributed by atoms with van der Waals surface area (Å²) in [5, 5.41) is 10.0. The molecule has 0 fully saturated rings. The van der Waals surface area contributed by atoms with Crippen molar-refractivity contribution in [3.63, 3.8) is 0 Å². The summed E-state index contributed by atoms with van der Waals surface area (Å²) in [6, 6.07) is 1.29. The van der Waals surface area contributed by atoms with Crippen molar-refractivity contribution in [1.29, 1.82) is 0 Å². The molecule has 10 heteroatoms. The first-order valence-corrected chi connectivity index (χ1v) is 6.50. The van der Waals surface area contributed by atoms with Crippen LogP contribution < -0.4 is 5.63 Å². The van der Waals surface area contributed by atoms with Crippen molar-refractivity contribution in [2.75, 3.05) is 0 Å². The van der Waals surface area contributed by atoms with Gasteiger partial charge >= 0.3 is 11.8 Å². The summed E-state index contributed by atoms with van der Waals surface area (Å²) in [5.41, 5.74) is 0.640. The predicted octanol–water partition coefficient (Wildman–Crippen LogP) is 2.47. The first-order valence-electron chi connectivity index (χ1n) is 5.68. The molecule has 21 heavy (non-hydrogen) atoms. The van der Waals surface area contributed by atoms with Crippen molar-refractivity contribution in [1.82, 2.24) is 20.0 Å². The Labute approximate surface area is 118 Å². The second kappa shape index (κ2) is 4.38. The molecule has 3 rings (SSSR count). The van der Waals surface area contributed by atoms with E-state index in [0.29, 0.717) is 28.0 Å². The van der Waals surface area contributed by atoms with Crippen LogP contribution >= 0.6 is 11.3 Å². The van der Waals surface area contributed by atoms with E-state index in [1.807, 2.05) is 0 Å². The van der Waals surface area contributed by atoms with Gasteiger partial charge < -0.3 is 4.42 Å². The van der Waals surface area contributed by atoms with Gasteiger partial charge in [0.1, 0.15) is 0 Å². The summed E-state index contributed by atoms with van der Waals surface area (Å²) in [7, 11) is 0. The van der Waals surface area contributed by atoms with E-state index in [-0.39, 0.29) is 10.8 Å². The van der Waals surface area contributed by atoms with E-state index in [2.05, 4.69) is 15.3 Å². The van der Waals surface area contributed by atoms with Crippen LogP contribution in [0, 0.1) is 13.8 Å². The maximum absolute atomic E-state index is 12.6. The molecule has 0 saturated carbocycles. The average molecular weight is 316 g/mol. The van der Waals surface area contributed by atoms with E-state index in [4.69, 9.17) is 4.42 Å². The SMILES string of the molecule is Cc1cc(=O)oc2nn(-c3nnc(C(F)(F)F)s3)c(C)c12. The van der Waals surface area contributed by atoms with E-state index < -0.39 is 16.8 Å². The summed E-state index contributed by atoms with van der Waals surface area (Å²) >= 11 is 0.366. The number of aryl methyl sites for hydroxylation is 2. The molecular weight excluding hydrogens is 309 g/mol. The summed E-state index contributed by atoms with van der Waals surface area (Å²) in [4.78, 5) is 11.3. The number of rotatable bonds is 1. The molecule has 0 saturated heterocycles. The maximum atomic E-state index is 12.6. The van der Waals surface area contributed by atoms with Crippen LogP contribution in [-0.4, -0.2) is 20.0 Å². The number of alkyl halides is 3. The Morgan fingerprint density at radius 2 is 2.00 bits per heavy atom.